The Bertz CT molecular complexity index is 677. The largest absolute Gasteiger partial charge is 0.491 e. The van der Waals surface area contributed by atoms with Crippen LogP contribution in [0.4, 0.5) is 5.69 Å². The molecule has 0 saturated carbocycles. The molecule has 1 aliphatic heterocycles. The molecule has 0 aliphatic carbocycles. The summed E-state index contributed by atoms with van der Waals surface area (Å²) in [5, 5.41) is 9.88. The smallest absolute Gasteiger partial charge is 0.491 e. The predicted molar refractivity (Wildman–Crippen MR) is 90.2 cm³/mol. The normalized spacial score (nSPS) is 13.7. The van der Waals surface area contributed by atoms with Crippen molar-refractivity contribution in [1.82, 2.24) is 0 Å². The van der Waals surface area contributed by atoms with Crippen LogP contribution in [0.3, 0.4) is 0 Å². The second-order valence-electron chi connectivity index (χ2n) is 5.73. The highest BCUT2D eigenvalue weighted by molar-refractivity contribution is 6.61. The van der Waals surface area contributed by atoms with Gasteiger partial charge in [-0.2, -0.15) is 0 Å². The zero-order chi connectivity index (χ0) is 16.2. The molecular formula is C17H20BNO4. The first-order valence-corrected chi connectivity index (χ1v) is 7.74. The van der Waals surface area contributed by atoms with Crippen LogP contribution in [0, 0.1) is 0 Å². The first-order valence-electron chi connectivity index (χ1n) is 7.74. The molecule has 0 unspecified atom stereocenters. The van der Waals surface area contributed by atoms with Crippen molar-refractivity contribution in [2.24, 2.45) is 0 Å². The molecule has 0 fully saturated rings. The van der Waals surface area contributed by atoms with Crippen molar-refractivity contribution in [2.45, 2.75) is 26.4 Å². The monoisotopic (exact) mass is 313 g/mol. The fraction of sp³-hybridized carbons (Fsp3) is 0.294. The number of anilines is 1. The number of fused-ring (bicyclic) bond motifs is 1. The average Bonchev–Trinajstić information content (AvgIpc) is 2.53. The van der Waals surface area contributed by atoms with Crippen LogP contribution in [0.5, 0.6) is 11.5 Å². The second-order valence-corrected chi connectivity index (χ2v) is 5.73. The third kappa shape index (κ3) is 3.97. The molecule has 0 spiro atoms. The maximum Gasteiger partial charge on any atom is 0.491 e. The Morgan fingerprint density at radius 3 is 2.83 bits per heavy atom. The van der Waals surface area contributed by atoms with Gasteiger partial charge in [-0.1, -0.05) is 12.1 Å². The van der Waals surface area contributed by atoms with Gasteiger partial charge < -0.3 is 19.3 Å². The second kappa shape index (κ2) is 6.94. The average molecular weight is 313 g/mol. The van der Waals surface area contributed by atoms with Gasteiger partial charge in [0, 0.05) is 12.7 Å². The highest BCUT2D eigenvalue weighted by Crippen LogP contribution is 2.21. The Hall–Kier alpha value is -2.18. The molecule has 0 saturated heterocycles. The van der Waals surface area contributed by atoms with Crippen molar-refractivity contribution >= 4 is 18.3 Å². The molecule has 6 heteroatoms. The molecule has 1 heterocycles. The molecule has 2 aromatic carbocycles. The van der Waals surface area contributed by atoms with E-state index in [4.69, 9.17) is 14.2 Å². The van der Waals surface area contributed by atoms with Gasteiger partial charge in [-0.05, 0) is 55.6 Å². The molecule has 5 nitrogen and oxygen atoms in total. The molecule has 120 valence electrons. The molecular weight excluding hydrogens is 293 g/mol. The maximum absolute atomic E-state index is 9.88. The number of hydrogen-bond acceptors (Lipinski definition) is 5. The van der Waals surface area contributed by atoms with E-state index in [9.17, 15) is 5.02 Å². The summed E-state index contributed by atoms with van der Waals surface area (Å²) < 4.78 is 10.9. The van der Waals surface area contributed by atoms with Gasteiger partial charge in [0.05, 0.1) is 11.8 Å². The van der Waals surface area contributed by atoms with Gasteiger partial charge in [0.2, 0.25) is 0 Å². The zero-order valence-corrected chi connectivity index (χ0v) is 13.3. The van der Waals surface area contributed by atoms with Gasteiger partial charge in [-0.3, -0.25) is 0 Å². The summed E-state index contributed by atoms with van der Waals surface area (Å²) >= 11 is 0. The summed E-state index contributed by atoms with van der Waals surface area (Å²) in [4.78, 5) is 5.59. The van der Waals surface area contributed by atoms with E-state index >= 15 is 0 Å². The summed E-state index contributed by atoms with van der Waals surface area (Å²) in [7, 11) is -0.872. The number of nitrogens with one attached hydrogen (secondary N) is 1. The third-order valence-corrected chi connectivity index (χ3v) is 3.52. The van der Waals surface area contributed by atoms with Crippen molar-refractivity contribution in [2.75, 3.05) is 12.1 Å². The molecule has 2 N–H and O–H groups in total. The van der Waals surface area contributed by atoms with E-state index in [0.29, 0.717) is 12.4 Å². The Balaban J connectivity index is 1.68. The van der Waals surface area contributed by atoms with Crippen LogP contribution in [-0.2, 0) is 11.1 Å². The quantitative estimate of drug-likeness (QED) is 0.654. The van der Waals surface area contributed by atoms with Gasteiger partial charge in [0.25, 0.3) is 0 Å². The van der Waals surface area contributed by atoms with E-state index in [1.54, 1.807) is 0 Å². The molecule has 3 rings (SSSR count). The predicted octanol–water partition coefficient (Wildman–Crippen LogP) is 2.14. The highest BCUT2D eigenvalue weighted by Gasteiger charge is 2.24. The summed E-state index contributed by atoms with van der Waals surface area (Å²) in [6, 6.07) is 13.2. The fourth-order valence-corrected chi connectivity index (χ4v) is 2.49. The van der Waals surface area contributed by atoms with E-state index in [1.165, 1.54) is 0 Å². The van der Waals surface area contributed by atoms with Crippen LogP contribution in [0.1, 0.15) is 19.4 Å². The molecule has 2 aromatic rings. The summed E-state index contributed by atoms with van der Waals surface area (Å²) in [5.74, 6) is 1.41. The minimum atomic E-state index is -0.872. The van der Waals surface area contributed by atoms with Crippen LogP contribution in [0.2, 0.25) is 0 Å². The minimum absolute atomic E-state index is 0.111. The van der Waals surface area contributed by atoms with Crippen LogP contribution >= 0.6 is 0 Å². The van der Waals surface area contributed by atoms with Crippen LogP contribution in [0.15, 0.2) is 42.5 Å². The minimum Gasteiger partial charge on any atom is -0.491 e. The van der Waals surface area contributed by atoms with Crippen molar-refractivity contribution in [3.8, 4) is 11.5 Å². The van der Waals surface area contributed by atoms with Crippen molar-refractivity contribution in [3.63, 3.8) is 0 Å². The van der Waals surface area contributed by atoms with Gasteiger partial charge >= 0.3 is 7.12 Å². The fourth-order valence-electron chi connectivity index (χ4n) is 2.49. The molecule has 0 bridgehead atoms. The number of benzene rings is 2. The number of hydrogen-bond donors (Lipinski definition) is 2. The zero-order valence-electron chi connectivity index (χ0n) is 13.3. The SMILES string of the molecule is CC(C)Oc1cccc(ONc2ccc3c(c2)B(O)OCC3)c1. The topological polar surface area (TPSA) is 60.0 Å². The van der Waals surface area contributed by atoms with Crippen LogP contribution < -0.4 is 20.5 Å². The molecule has 0 aromatic heterocycles. The Morgan fingerprint density at radius 1 is 1.17 bits per heavy atom. The Kier molecular flexibility index (Phi) is 4.74. The van der Waals surface area contributed by atoms with Gasteiger partial charge in [0.1, 0.15) is 5.75 Å². The molecule has 0 amide bonds. The lowest BCUT2D eigenvalue weighted by Crippen LogP contribution is -2.41. The van der Waals surface area contributed by atoms with Gasteiger partial charge in [0.15, 0.2) is 5.75 Å². The van der Waals surface area contributed by atoms with E-state index in [1.807, 2.05) is 56.3 Å². The highest BCUT2D eigenvalue weighted by atomic mass is 16.6. The number of ether oxygens (including phenoxy) is 1. The lowest BCUT2D eigenvalue weighted by Gasteiger charge is -2.20. The van der Waals surface area contributed by atoms with Crippen LogP contribution in [-0.4, -0.2) is 24.9 Å². The molecule has 0 radical (unpaired) electrons. The van der Waals surface area contributed by atoms with Gasteiger partial charge in [-0.25, -0.2) is 5.48 Å². The van der Waals surface area contributed by atoms with E-state index < -0.39 is 7.12 Å². The van der Waals surface area contributed by atoms with E-state index in [2.05, 4.69) is 5.48 Å². The first-order chi connectivity index (χ1) is 11.1. The summed E-state index contributed by atoms with van der Waals surface area (Å²) in [6.45, 7) is 4.50. The van der Waals surface area contributed by atoms with Crippen molar-refractivity contribution in [1.29, 1.82) is 0 Å². The first kappa shape index (κ1) is 15.7. The lowest BCUT2D eigenvalue weighted by atomic mass is 9.73. The molecule has 0 atom stereocenters. The van der Waals surface area contributed by atoms with Crippen molar-refractivity contribution in [3.05, 3.63) is 48.0 Å². The van der Waals surface area contributed by atoms with Crippen molar-refractivity contribution < 1.29 is 19.3 Å². The third-order valence-electron chi connectivity index (χ3n) is 3.52. The molecule has 1 aliphatic rings. The maximum atomic E-state index is 9.88. The molecule has 23 heavy (non-hydrogen) atoms. The number of rotatable bonds is 5. The standard InChI is InChI=1S/C17H20BNO4/c1-12(2)22-15-4-3-5-16(11-15)23-19-14-7-6-13-8-9-21-18(20)17(13)10-14/h3-7,10-12,19-20H,8-9H2,1-2H3. The van der Waals surface area contributed by atoms with E-state index in [-0.39, 0.29) is 6.10 Å². The van der Waals surface area contributed by atoms with E-state index in [0.717, 1.165) is 28.9 Å². The Morgan fingerprint density at radius 2 is 2.00 bits per heavy atom. The van der Waals surface area contributed by atoms with Gasteiger partial charge in [-0.15, -0.1) is 0 Å². The van der Waals surface area contributed by atoms with Crippen LogP contribution in [0.25, 0.3) is 0 Å². The summed E-state index contributed by atoms with van der Waals surface area (Å²) in [6.07, 6.45) is 0.919. The lowest BCUT2D eigenvalue weighted by molar-refractivity contribution is 0.241. The Labute approximate surface area is 136 Å². The summed E-state index contributed by atoms with van der Waals surface area (Å²) in [5.41, 5.74) is 5.52.